The predicted octanol–water partition coefficient (Wildman–Crippen LogP) is 3.80. The van der Waals surface area contributed by atoms with Crippen molar-refractivity contribution >= 4 is 21.7 Å². The molecule has 1 aromatic carbocycles. The zero-order valence-corrected chi connectivity index (χ0v) is 11.0. The molecule has 0 aliphatic carbocycles. The number of ketones is 1. The van der Waals surface area contributed by atoms with Gasteiger partial charge in [0.05, 0.1) is 22.9 Å². The van der Waals surface area contributed by atoms with Crippen molar-refractivity contribution < 1.29 is 18.0 Å². The molecule has 0 heterocycles. The first-order valence-electron chi connectivity index (χ1n) is 4.99. The minimum atomic E-state index is -4.55. The second kappa shape index (κ2) is 5.53. The number of benzene rings is 1. The van der Waals surface area contributed by atoms with E-state index >= 15 is 0 Å². The Morgan fingerprint density at radius 1 is 1.50 bits per heavy atom. The van der Waals surface area contributed by atoms with Crippen molar-refractivity contribution in [2.24, 2.45) is 0 Å². The topological polar surface area (TPSA) is 40.9 Å². The molecule has 0 aliphatic rings. The Kier molecular flexibility index (Phi) is 4.52. The maximum absolute atomic E-state index is 12.9. The van der Waals surface area contributed by atoms with Crippen LogP contribution in [0.5, 0.6) is 0 Å². The van der Waals surface area contributed by atoms with Crippen LogP contribution in [0.1, 0.15) is 28.4 Å². The number of rotatable bonds is 3. The van der Waals surface area contributed by atoms with Gasteiger partial charge in [-0.1, -0.05) is 28.1 Å². The van der Waals surface area contributed by atoms with Gasteiger partial charge in [-0.15, -0.1) is 0 Å². The molecule has 1 aromatic rings. The van der Waals surface area contributed by atoms with Gasteiger partial charge in [-0.25, -0.2) is 0 Å². The van der Waals surface area contributed by atoms with Gasteiger partial charge in [0.25, 0.3) is 0 Å². The van der Waals surface area contributed by atoms with Crippen LogP contribution in [0.2, 0.25) is 0 Å². The first-order chi connectivity index (χ1) is 8.29. The van der Waals surface area contributed by atoms with E-state index in [1.165, 1.54) is 19.1 Å². The monoisotopic (exact) mass is 319 g/mol. The Morgan fingerprint density at radius 2 is 2.11 bits per heavy atom. The molecule has 0 spiro atoms. The minimum Gasteiger partial charge on any atom is -0.298 e. The molecule has 1 atom stereocenters. The van der Waals surface area contributed by atoms with Gasteiger partial charge in [0.1, 0.15) is 5.78 Å². The van der Waals surface area contributed by atoms with E-state index in [9.17, 15) is 18.0 Å². The molecule has 0 radical (unpaired) electrons. The van der Waals surface area contributed by atoms with E-state index in [1.807, 2.05) is 0 Å². The van der Waals surface area contributed by atoms with Crippen LogP contribution in [0.4, 0.5) is 13.2 Å². The first-order valence-corrected chi connectivity index (χ1v) is 5.91. The van der Waals surface area contributed by atoms with E-state index in [0.717, 1.165) is 6.07 Å². The van der Waals surface area contributed by atoms with Crippen molar-refractivity contribution in [1.29, 1.82) is 5.26 Å². The average Bonchev–Trinajstić information content (AvgIpc) is 2.27. The van der Waals surface area contributed by atoms with Gasteiger partial charge < -0.3 is 0 Å². The lowest BCUT2D eigenvalue weighted by Gasteiger charge is -2.18. The summed E-state index contributed by atoms with van der Waals surface area (Å²) in [6.45, 7) is 1.20. The van der Waals surface area contributed by atoms with Crippen LogP contribution < -0.4 is 0 Å². The van der Waals surface area contributed by atoms with E-state index in [4.69, 9.17) is 5.26 Å². The number of hydrogen-bond donors (Lipinski definition) is 0. The summed E-state index contributed by atoms with van der Waals surface area (Å²) in [4.78, 5) is 10.2. The van der Waals surface area contributed by atoms with E-state index in [0.29, 0.717) is 0 Å². The van der Waals surface area contributed by atoms with Gasteiger partial charge in [-0.05, 0) is 24.1 Å². The lowest BCUT2D eigenvalue weighted by atomic mass is 9.94. The van der Waals surface area contributed by atoms with Gasteiger partial charge in [-0.2, -0.15) is 18.4 Å². The van der Waals surface area contributed by atoms with E-state index < -0.39 is 22.4 Å². The number of nitrogens with zero attached hydrogens (tertiary/aromatic N) is 1. The number of Topliss-reactive ketones (excluding diaryl/α,β-unsaturated/α-hetero) is 1. The van der Waals surface area contributed by atoms with Crippen LogP contribution in [-0.2, 0) is 17.4 Å². The van der Waals surface area contributed by atoms with Crippen LogP contribution in [0, 0.1) is 11.3 Å². The number of alkyl halides is 4. The SMILES string of the molecule is CC(=O)C(Br)c1c(CC#N)cccc1C(F)(F)F. The van der Waals surface area contributed by atoms with Gasteiger partial charge in [0.15, 0.2) is 0 Å². The highest BCUT2D eigenvalue weighted by molar-refractivity contribution is 9.09. The highest BCUT2D eigenvalue weighted by atomic mass is 79.9. The van der Waals surface area contributed by atoms with Crippen molar-refractivity contribution in [2.45, 2.75) is 24.3 Å². The summed E-state index contributed by atoms with van der Waals surface area (Å²) in [7, 11) is 0. The third-order valence-corrected chi connectivity index (χ3v) is 3.48. The van der Waals surface area contributed by atoms with Crippen molar-refractivity contribution in [1.82, 2.24) is 0 Å². The zero-order valence-electron chi connectivity index (χ0n) is 9.38. The fourth-order valence-corrected chi connectivity index (χ4v) is 2.14. The molecule has 2 nitrogen and oxygen atoms in total. The Bertz CT molecular complexity index is 505. The predicted molar refractivity (Wildman–Crippen MR) is 63.1 cm³/mol. The Balaban J connectivity index is 3.49. The molecule has 0 aliphatic heterocycles. The molecule has 0 bridgehead atoms. The summed E-state index contributed by atoms with van der Waals surface area (Å²) in [5.74, 6) is -0.439. The summed E-state index contributed by atoms with van der Waals surface area (Å²) in [5, 5.41) is 8.63. The van der Waals surface area contributed by atoms with Crippen LogP contribution in [0.15, 0.2) is 18.2 Å². The molecule has 0 aromatic heterocycles. The van der Waals surface area contributed by atoms with Crippen molar-refractivity contribution in [3.05, 3.63) is 34.9 Å². The standard InChI is InChI=1S/C12H9BrF3NO/c1-7(18)11(13)10-8(5-6-17)3-2-4-9(10)12(14,15)16/h2-4,11H,5H2,1H3. The Labute approximate surface area is 111 Å². The summed E-state index contributed by atoms with van der Waals surface area (Å²) >= 11 is 2.96. The fraction of sp³-hybridized carbons (Fsp3) is 0.333. The van der Waals surface area contributed by atoms with Crippen LogP contribution in [-0.4, -0.2) is 5.78 Å². The normalized spacial score (nSPS) is 12.9. The number of hydrogen-bond acceptors (Lipinski definition) is 2. The molecule has 0 amide bonds. The van der Waals surface area contributed by atoms with Gasteiger partial charge in [0, 0.05) is 0 Å². The molecule has 18 heavy (non-hydrogen) atoms. The average molecular weight is 320 g/mol. The lowest BCUT2D eigenvalue weighted by Crippen LogP contribution is -2.15. The van der Waals surface area contributed by atoms with E-state index in [1.54, 1.807) is 6.07 Å². The fourth-order valence-electron chi connectivity index (χ4n) is 1.60. The molecule has 0 saturated carbocycles. The summed E-state index contributed by atoms with van der Waals surface area (Å²) in [6.07, 6.45) is -4.73. The second-order valence-corrected chi connectivity index (χ2v) is 4.60. The highest BCUT2D eigenvalue weighted by Crippen LogP contribution is 2.39. The Morgan fingerprint density at radius 3 is 2.56 bits per heavy atom. The van der Waals surface area contributed by atoms with Crippen LogP contribution in [0.25, 0.3) is 0 Å². The highest BCUT2D eigenvalue weighted by Gasteiger charge is 2.36. The van der Waals surface area contributed by atoms with Gasteiger partial charge in [-0.3, -0.25) is 4.79 Å². The first kappa shape index (κ1) is 14.7. The summed E-state index contributed by atoms with van der Waals surface area (Å²) in [5.41, 5.74) is -0.837. The smallest absolute Gasteiger partial charge is 0.298 e. The summed E-state index contributed by atoms with van der Waals surface area (Å²) in [6, 6.07) is 5.36. The Hall–Kier alpha value is -1.35. The molecule has 1 unspecified atom stereocenters. The molecule has 0 fully saturated rings. The third kappa shape index (κ3) is 3.10. The molecule has 1 rings (SSSR count). The van der Waals surface area contributed by atoms with Crippen molar-refractivity contribution in [3.8, 4) is 6.07 Å². The molecular formula is C12H9BrF3NO. The number of halogens is 4. The number of nitriles is 1. The van der Waals surface area contributed by atoms with Gasteiger partial charge in [0.2, 0.25) is 0 Å². The van der Waals surface area contributed by atoms with Crippen LogP contribution >= 0.6 is 15.9 Å². The third-order valence-electron chi connectivity index (χ3n) is 2.38. The quantitative estimate of drug-likeness (QED) is 0.795. The molecular weight excluding hydrogens is 311 g/mol. The number of carbonyl (C=O) groups is 1. The maximum Gasteiger partial charge on any atom is 0.416 e. The molecule has 96 valence electrons. The molecule has 0 saturated heterocycles. The molecule has 6 heteroatoms. The van der Waals surface area contributed by atoms with Crippen molar-refractivity contribution in [3.63, 3.8) is 0 Å². The van der Waals surface area contributed by atoms with Gasteiger partial charge >= 0.3 is 6.18 Å². The van der Waals surface area contributed by atoms with Crippen molar-refractivity contribution in [2.75, 3.05) is 0 Å². The van der Waals surface area contributed by atoms with Crippen LogP contribution in [0.3, 0.4) is 0 Å². The zero-order chi connectivity index (χ0) is 13.9. The second-order valence-electron chi connectivity index (χ2n) is 3.68. The largest absolute Gasteiger partial charge is 0.416 e. The maximum atomic E-state index is 12.9. The van der Waals surface area contributed by atoms with E-state index in [-0.39, 0.29) is 17.5 Å². The lowest BCUT2D eigenvalue weighted by molar-refractivity contribution is -0.138. The summed E-state index contributed by atoms with van der Waals surface area (Å²) < 4.78 is 38.6. The minimum absolute atomic E-state index is 0.168. The number of carbonyl (C=O) groups excluding carboxylic acids is 1. The molecule has 0 N–H and O–H groups in total. The van der Waals surface area contributed by atoms with E-state index in [2.05, 4.69) is 15.9 Å².